The smallest absolute Gasteiger partial charge is 0.119 e. The van der Waals surface area contributed by atoms with Gasteiger partial charge in [-0.1, -0.05) is 33.1 Å². The zero-order valence-corrected chi connectivity index (χ0v) is 11.7. The van der Waals surface area contributed by atoms with Gasteiger partial charge in [-0.2, -0.15) is 0 Å². The van der Waals surface area contributed by atoms with Gasteiger partial charge >= 0.3 is 0 Å². The SMILES string of the molecule is CC1(C)CNC(C)(C2CCCCC2)OC1.Cl. The maximum Gasteiger partial charge on any atom is 0.119 e. The third-order valence-corrected chi connectivity index (χ3v) is 4.06. The van der Waals surface area contributed by atoms with Crippen LogP contribution >= 0.6 is 12.4 Å². The van der Waals surface area contributed by atoms with Crippen LogP contribution in [0, 0.1) is 11.3 Å². The Kier molecular flexibility index (Phi) is 4.67. The molecular formula is C13H26ClNO. The second kappa shape index (κ2) is 5.24. The summed E-state index contributed by atoms with van der Waals surface area (Å²) in [7, 11) is 0. The fourth-order valence-corrected chi connectivity index (χ4v) is 2.78. The molecule has 2 aliphatic rings. The van der Waals surface area contributed by atoms with Gasteiger partial charge in [0.1, 0.15) is 5.72 Å². The Hall–Kier alpha value is 0.210. The topological polar surface area (TPSA) is 21.3 Å². The molecule has 2 nitrogen and oxygen atoms in total. The van der Waals surface area contributed by atoms with Crippen LogP contribution in [0.4, 0.5) is 0 Å². The van der Waals surface area contributed by atoms with E-state index in [-0.39, 0.29) is 18.1 Å². The van der Waals surface area contributed by atoms with E-state index in [2.05, 4.69) is 26.1 Å². The Labute approximate surface area is 106 Å². The molecule has 0 aromatic carbocycles. The molecule has 1 saturated heterocycles. The molecule has 0 bridgehead atoms. The average Bonchev–Trinajstić information content (AvgIpc) is 2.24. The van der Waals surface area contributed by atoms with Crippen molar-refractivity contribution in [2.75, 3.05) is 13.2 Å². The highest BCUT2D eigenvalue weighted by Gasteiger charge is 2.41. The Bertz CT molecular complexity index is 214. The molecule has 0 spiro atoms. The lowest BCUT2D eigenvalue weighted by Crippen LogP contribution is -2.59. The van der Waals surface area contributed by atoms with Crippen molar-refractivity contribution in [3.05, 3.63) is 0 Å². The van der Waals surface area contributed by atoms with Crippen LogP contribution in [0.1, 0.15) is 52.9 Å². The molecule has 1 unspecified atom stereocenters. The zero-order valence-electron chi connectivity index (χ0n) is 10.8. The molecule has 1 aliphatic heterocycles. The Balaban J connectivity index is 0.00000128. The van der Waals surface area contributed by atoms with E-state index in [0.717, 1.165) is 19.1 Å². The van der Waals surface area contributed by atoms with Crippen LogP contribution in [0.2, 0.25) is 0 Å². The quantitative estimate of drug-likeness (QED) is 0.767. The van der Waals surface area contributed by atoms with E-state index in [4.69, 9.17) is 4.74 Å². The van der Waals surface area contributed by atoms with Crippen molar-refractivity contribution >= 4 is 12.4 Å². The minimum absolute atomic E-state index is 0. The van der Waals surface area contributed by atoms with Crippen molar-refractivity contribution in [3.8, 4) is 0 Å². The van der Waals surface area contributed by atoms with E-state index < -0.39 is 0 Å². The van der Waals surface area contributed by atoms with Crippen LogP contribution in [-0.4, -0.2) is 18.9 Å². The molecule has 1 saturated carbocycles. The summed E-state index contributed by atoms with van der Waals surface area (Å²) in [5.74, 6) is 0.724. The Morgan fingerprint density at radius 2 is 1.69 bits per heavy atom. The van der Waals surface area contributed by atoms with E-state index in [1.165, 1.54) is 32.1 Å². The number of hydrogen-bond donors (Lipinski definition) is 1. The summed E-state index contributed by atoms with van der Waals surface area (Å²) < 4.78 is 6.11. The van der Waals surface area contributed by atoms with Crippen molar-refractivity contribution < 1.29 is 4.74 Å². The molecule has 2 rings (SSSR count). The van der Waals surface area contributed by atoms with Gasteiger partial charge in [0.2, 0.25) is 0 Å². The highest BCUT2D eigenvalue weighted by atomic mass is 35.5. The van der Waals surface area contributed by atoms with Crippen molar-refractivity contribution in [1.82, 2.24) is 5.32 Å². The lowest BCUT2D eigenvalue weighted by Gasteiger charge is -2.47. The normalized spacial score (nSPS) is 35.4. The average molecular weight is 248 g/mol. The maximum atomic E-state index is 6.11. The van der Waals surface area contributed by atoms with Crippen LogP contribution < -0.4 is 5.32 Å². The summed E-state index contributed by atoms with van der Waals surface area (Å²) in [5, 5.41) is 3.63. The molecule has 1 N–H and O–H groups in total. The van der Waals surface area contributed by atoms with E-state index in [0.29, 0.717) is 5.41 Å². The fraction of sp³-hybridized carbons (Fsp3) is 1.00. The van der Waals surface area contributed by atoms with Gasteiger partial charge in [0.25, 0.3) is 0 Å². The second-order valence-corrected chi connectivity index (χ2v) is 6.25. The number of hydrogen-bond acceptors (Lipinski definition) is 2. The van der Waals surface area contributed by atoms with Crippen molar-refractivity contribution in [2.24, 2.45) is 11.3 Å². The molecule has 1 aliphatic carbocycles. The maximum absolute atomic E-state index is 6.11. The largest absolute Gasteiger partial charge is 0.360 e. The van der Waals surface area contributed by atoms with E-state index >= 15 is 0 Å². The first-order chi connectivity index (χ1) is 7.02. The van der Waals surface area contributed by atoms with Gasteiger partial charge in [-0.15, -0.1) is 12.4 Å². The number of rotatable bonds is 1. The molecule has 3 heteroatoms. The molecule has 16 heavy (non-hydrogen) atoms. The van der Waals surface area contributed by atoms with Crippen molar-refractivity contribution in [3.63, 3.8) is 0 Å². The molecule has 2 fully saturated rings. The highest BCUT2D eigenvalue weighted by molar-refractivity contribution is 5.85. The lowest BCUT2D eigenvalue weighted by atomic mass is 9.80. The van der Waals surface area contributed by atoms with Crippen LogP contribution in [0.15, 0.2) is 0 Å². The number of ether oxygens (including phenoxy) is 1. The summed E-state index contributed by atoms with van der Waals surface area (Å²) in [6.07, 6.45) is 6.86. The van der Waals surface area contributed by atoms with E-state index in [1.807, 2.05) is 0 Å². The molecule has 0 radical (unpaired) electrons. The Morgan fingerprint density at radius 1 is 1.06 bits per heavy atom. The van der Waals surface area contributed by atoms with Crippen molar-refractivity contribution in [1.29, 1.82) is 0 Å². The zero-order chi connectivity index (χ0) is 10.9. The summed E-state index contributed by atoms with van der Waals surface area (Å²) in [4.78, 5) is 0. The first-order valence-corrected chi connectivity index (χ1v) is 6.41. The molecule has 96 valence electrons. The van der Waals surface area contributed by atoms with Gasteiger partial charge in [-0.3, -0.25) is 5.32 Å². The third kappa shape index (κ3) is 3.12. The fourth-order valence-electron chi connectivity index (χ4n) is 2.78. The van der Waals surface area contributed by atoms with Gasteiger partial charge in [0, 0.05) is 17.9 Å². The van der Waals surface area contributed by atoms with Gasteiger partial charge in [0.15, 0.2) is 0 Å². The standard InChI is InChI=1S/C13H25NO.ClH/c1-12(2)9-14-13(3,15-10-12)11-7-5-4-6-8-11;/h11,14H,4-10H2,1-3H3;1H. The molecule has 0 aromatic heterocycles. The molecule has 0 aromatic rings. The lowest BCUT2D eigenvalue weighted by molar-refractivity contribution is -0.162. The molecule has 0 amide bonds. The van der Waals surface area contributed by atoms with E-state index in [1.54, 1.807) is 0 Å². The summed E-state index contributed by atoms with van der Waals surface area (Å²) in [5.41, 5.74) is 0.254. The minimum atomic E-state index is -0.0457. The molecule has 1 atom stereocenters. The first kappa shape index (κ1) is 14.3. The molecular weight excluding hydrogens is 222 g/mol. The van der Waals surface area contributed by atoms with Gasteiger partial charge in [0.05, 0.1) is 6.61 Å². The number of nitrogens with one attached hydrogen (secondary N) is 1. The van der Waals surface area contributed by atoms with Crippen LogP contribution in [0.3, 0.4) is 0 Å². The predicted molar refractivity (Wildman–Crippen MR) is 70.0 cm³/mol. The van der Waals surface area contributed by atoms with Gasteiger partial charge in [-0.25, -0.2) is 0 Å². The summed E-state index contributed by atoms with van der Waals surface area (Å²) in [6.45, 7) is 8.76. The van der Waals surface area contributed by atoms with E-state index in [9.17, 15) is 0 Å². The van der Waals surface area contributed by atoms with Crippen LogP contribution in [-0.2, 0) is 4.74 Å². The summed E-state index contributed by atoms with van der Waals surface area (Å²) >= 11 is 0. The van der Waals surface area contributed by atoms with Gasteiger partial charge in [-0.05, 0) is 19.8 Å². The third-order valence-electron chi connectivity index (χ3n) is 4.06. The van der Waals surface area contributed by atoms with Crippen LogP contribution in [0.25, 0.3) is 0 Å². The molecule has 1 heterocycles. The minimum Gasteiger partial charge on any atom is -0.360 e. The predicted octanol–water partition coefficient (Wildman–Crippen LogP) is 3.35. The highest BCUT2D eigenvalue weighted by Crippen LogP contribution is 2.37. The van der Waals surface area contributed by atoms with Crippen molar-refractivity contribution in [2.45, 2.75) is 58.6 Å². The Morgan fingerprint density at radius 3 is 2.19 bits per heavy atom. The monoisotopic (exact) mass is 247 g/mol. The van der Waals surface area contributed by atoms with Gasteiger partial charge < -0.3 is 4.74 Å². The second-order valence-electron chi connectivity index (χ2n) is 6.25. The van der Waals surface area contributed by atoms with Crippen LogP contribution in [0.5, 0.6) is 0 Å². The number of halogens is 1. The summed E-state index contributed by atoms with van der Waals surface area (Å²) in [6, 6.07) is 0. The first-order valence-electron chi connectivity index (χ1n) is 6.41.